The molecule has 4 rings (SSSR count). The van der Waals surface area contributed by atoms with Gasteiger partial charge in [0.05, 0.1) is 0 Å². The van der Waals surface area contributed by atoms with E-state index >= 15 is 0 Å². The lowest BCUT2D eigenvalue weighted by atomic mass is 10.1. The van der Waals surface area contributed by atoms with E-state index in [0.717, 1.165) is 23.8 Å². The summed E-state index contributed by atoms with van der Waals surface area (Å²) in [5.74, 6) is -3.48. The van der Waals surface area contributed by atoms with Gasteiger partial charge in [-0.3, -0.25) is 0 Å². The number of aliphatic carboxylic acids is 1. The highest BCUT2D eigenvalue weighted by Crippen LogP contribution is 2.49. The maximum atomic E-state index is 13.9. The van der Waals surface area contributed by atoms with Gasteiger partial charge in [0.15, 0.2) is 11.5 Å². The molecule has 1 N–H and O–H groups in total. The van der Waals surface area contributed by atoms with Crippen LogP contribution in [0.5, 0.6) is 17.2 Å². The van der Waals surface area contributed by atoms with E-state index in [4.69, 9.17) is 14.6 Å². The van der Waals surface area contributed by atoms with Crippen LogP contribution in [0.25, 0.3) is 6.08 Å². The lowest BCUT2D eigenvalue weighted by Gasteiger charge is -2.16. The van der Waals surface area contributed by atoms with Crippen molar-refractivity contribution in [3.05, 3.63) is 95.1 Å². The van der Waals surface area contributed by atoms with Gasteiger partial charge in [-0.15, -0.1) is 8.78 Å². The van der Waals surface area contributed by atoms with Crippen LogP contribution in [-0.2, 0) is 22.7 Å². The smallest absolute Gasteiger partial charge is 0.487 e. The third-order valence-electron chi connectivity index (χ3n) is 4.72. The first-order valence-electron chi connectivity index (χ1n) is 10.1. The van der Waals surface area contributed by atoms with Crippen molar-refractivity contribution in [3.8, 4) is 17.2 Å². The van der Waals surface area contributed by atoms with Crippen LogP contribution in [-0.4, -0.2) is 23.3 Å². The number of hydrogen-bond donors (Lipinski definition) is 1. The number of hydrogen-bond acceptors (Lipinski definition) is 6. The maximum Gasteiger partial charge on any atom is 0.586 e. The molecule has 3 aromatic carbocycles. The predicted octanol–water partition coefficient (Wildman–Crippen LogP) is 5.04. The van der Waals surface area contributed by atoms with Gasteiger partial charge in [-0.1, -0.05) is 60.7 Å². The minimum absolute atomic E-state index is 0.0186. The Morgan fingerprint density at radius 3 is 2.18 bits per heavy atom. The SMILES string of the molecule is O=C(O)/C=C/c1cc2c(c(C(=O)OCc3ccccc3)c1OCc1ccccc1)OC(F)(F)O2. The van der Waals surface area contributed by atoms with Crippen LogP contribution in [0.3, 0.4) is 0 Å². The molecule has 9 heteroatoms. The van der Waals surface area contributed by atoms with Crippen LogP contribution in [0, 0.1) is 0 Å². The lowest BCUT2D eigenvalue weighted by Crippen LogP contribution is -2.26. The number of carbonyl (C=O) groups is 2. The molecule has 34 heavy (non-hydrogen) atoms. The molecule has 0 saturated heterocycles. The van der Waals surface area contributed by atoms with Crippen molar-refractivity contribution in [2.24, 2.45) is 0 Å². The molecule has 1 aliphatic rings. The lowest BCUT2D eigenvalue weighted by molar-refractivity contribution is -0.286. The average Bonchev–Trinajstić information content (AvgIpc) is 3.13. The van der Waals surface area contributed by atoms with Gasteiger partial charge in [-0.25, -0.2) is 9.59 Å². The van der Waals surface area contributed by atoms with Crippen LogP contribution in [0.15, 0.2) is 72.8 Å². The van der Waals surface area contributed by atoms with Gasteiger partial charge in [0.2, 0.25) is 0 Å². The van der Waals surface area contributed by atoms with Crippen LogP contribution in [0.2, 0.25) is 0 Å². The van der Waals surface area contributed by atoms with Gasteiger partial charge in [-0.05, 0) is 23.3 Å². The Morgan fingerprint density at radius 2 is 1.56 bits per heavy atom. The fourth-order valence-electron chi connectivity index (χ4n) is 3.24. The van der Waals surface area contributed by atoms with Gasteiger partial charge in [0.25, 0.3) is 0 Å². The van der Waals surface area contributed by atoms with Crippen molar-refractivity contribution in [2.75, 3.05) is 0 Å². The summed E-state index contributed by atoms with van der Waals surface area (Å²) in [5, 5.41) is 9.04. The molecular formula is C25H18F2O7. The second kappa shape index (κ2) is 9.62. The maximum absolute atomic E-state index is 13.9. The van der Waals surface area contributed by atoms with Gasteiger partial charge in [0.1, 0.15) is 24.5 Å². The number of carboxylic acids is 1. The molecule has 0 unspecified atom stereocenters. The van der Waals surface area contributed by atoms with E-state index in [0.29, 0.717) is 5.56 Å². The first-order valence-corrected chi connectivity index (χ1v) is 10.1. The minimum atomic E-state index is -4.03. The third kappa shape index (κ3) is 5.32. The number of rotatable bonds is 8. The Kier molecular flexibility index (Phi) is 6.44. The molecule has 0 amide bonds. The van der Waals surface area contributed by atoms with Crippen LogP contribution in [0.1, 0.15) is 27.0 Å². The number of carboxylic acid groups (broad SMARTS) is 1. The molecule has 0 radical (unpaired) electrons. The summed E-state index contributed by atoms with van der Waals surface area (Å²) in [6, 6.07) is 18.8. The molecule has 1 aliphatic heterocycles. The third-order valence-corrected chi connectivity index (χ3v) is 4.72. The number of fused-ring (bicyclic) bond motifs is 1. The van der Waals surface area contributed by atoms with Crippen molar-refractivity contribution >= 4 is 18.0 Å². The van der Waals surface area contributed by atoms with E-state index in [1.165, 1.54) is 0 Å². The molecule has 0 fully saturated rings. The first kappa shape index (κ1) is 22.8. The van der Waals surface area contributed by atoms with E-state index in [-0.39, 0.29) is 24.5 Å². The summed E-state index contributed by atoms with van der Waals surface area (Å²) >= 11 is 0. The van der Waals surface area contributed by atoms with Crippen molar-refractivity contribution in [1.82, 2.24) is 0 Å². The standard InChI is InChI=1S/C25H18F2O7/c26-25(27)33-19-13-18(11-12-20(28)29)22(31-14-16-7-3-1-4-8-16)21(23(19)34-25)24(30)32-15-17-9-5-2-6-10-17/h1-13H,14-15H2,(H,28,29)/b12-11+. The molecule has 0 spiro atoms. The Morgan fingerprint density at radius 1 is 0.941 bits per heavy atom. The van der Waals surface area contributed by atoms with Gasteiger partial charge < -0.3 is 24.1 Å². The fraction of sp³-hybridized carbons (Fsp3) is 0.120. The normalized spacial score (nSPS) is 13.6. The first-order chi connectivity index (χ1) is 16.3. The Labute approximate surface area is 192 Å². The molecule has 7 nitrogen and oxygen atoms in total. The summed E-state index contributed by atoms with van der Waals surface area (Å²) in [6.07, 6.45) is -2.14. The zero-order valence-corrected chi connectivity index (χ0v) is 17.6. The van der Waals surface area contributed by atoms with Crippen LogP contribution in [0.4, 0.5) is 8.78 Å². The molecule has 3 aromatic rings. The van der Waals surface area contributed by atoms with Crippen molar-refractivity contribution in [3.63, 3.8) is 0 Å². The Balaban J connectivity index is 1.76. The zero-order valence-electron chi connectivity index (χ0n) is 17.6. The number of benzene rings is 3. The van der Waals surface area contributed by atoms with E-state index in [9.17, 15) is 18.4 Å². The van der Waals surface area contributed by atoms with Gasteiger partial charge in [-0.2, -0.15) is 0 Å². The number of esters is 1. The van der Waals surface area contributed by atoms with Crippen LogP contribution >= 0.6 is 0 Å². The number of alkyl halides is 2. The topological polar surface area (TPSA) is 91.3 Å². The minimum Gasteiger partial charge on any atom is -0.487 e. The quantitative estimate of drug-likeness (QED) is 0.366. The molecule has 0 bridgehead atoms. The summed E-state index contributed by atoms with van der Waals surface area (Å²) in [5.41, 5.74) is 0.975. The highest BCUT2D eigenvalue weighted by Gasteiger charge is 2.47. The second-order valence-corrected chi connectivity index (χ2v) is 7.17. The van der Waals surface area contributed by atoms with Gasteiger partial charge in [0, 0.05) is 11.6 Å². The van der Waals surface area contributed by atoms with E-state index in [1.807, 2.05) is 0 Å². The zero-order chi connectivity index (χ0) is 24.1. The highest BCUT2D eigenvalue weighted by molar-refractivity contribution is 5.99. The van der Waals surface area contributed by atoms with Crippen LogP contribution < -0.4 is 14.2 Å². The molecule has 174 valence electrons. The molecule has 0 aliphatic carbocycles. The number of ether oxygens (including phenoxy) is 4. The molecule has 0 aromatic heterocycles. The Bertz CT molecular complexity index is 1230. The monoisotopic (exact) mass is 468 g/mol. The molecular weight excluding hydrogens is 450 g/mol. The van der Waals surface area contributed by atoms with E-state index in [1.54, 1.807) is 60.7 Å². The number of halogens is 2. The largest absolute Gasteiger partial charge is 0.586 e. The van der Waals surface area contributed by atoms with Crippen molar-refractivity contribution < 1.29 is 42.4 Å². The van der Waals surface area contributed by atoms with E-state index in [2.05, 4.69) is 9.47 Å². The predicted molar refractivity (Wildman–Crippen MR) is 116 cm³/mol. The average molecular weight is 468 g/mol. The van der Waals surface area contributed by atoms with Crippen molar-refractivity contribution in [1.29, 1.82) is 0 Å². The summed E-state index contributed by atoms with van der Waals surface area (Å²) in [7, 11) is 0. The van der Waals surface area contributed by atoms with E-state index < -0.39 is 35.3 Å². The number of carbonyl (C=O) groups excluding carboxylic acids is 1. The van der Waals surface area contributed by atoms with Gasteiger partial charge >= 0.3 is 18.2 Å². The molecule has 1 heterocycles. The van der Waals surface area contributed by atoms with Crippen molar-refractivity contribution in [2.45, 2.75) is 19.5 Å². The second-order valence-electron chi connectivity index (χ2n) is 7.17. The summed E-state index contributed by atoms with van der Waals surface area (Å²) < 4.78 is 48.1. The highest BCUT2D eigenvalue weighted by atomic mass is 19.3. The molecule has 0 atom stereocenters. The molecule has 0 saturated carbocycles. The Hall–Kier alpha value is -4.40. The fourth-order valence-corrected chi connectivity index (χ4v) is 3.24. The summed E-state index contributed by atoms with van der Waals surface area (Å²) in [4.78, 5) is 24.2. The summed E-state index contributed by atoms with van der Waals surface area (Å²) in [6.45, 7) is -0.178.